The molecule has 3 aromatic rings. The number of amides is 5. The minimum Gasteiger partial charge on any atom is -0.493 e. The number of piperidine rings is 2. The summed E-state index contributed by atoms with van der Waals surface area (Å²) in [6.45, 7) is 8.82. The van der Waals surface area contributed by atoms with Crippen molar-refractivity contribution in [3.05, 3.63) is 87.9 Å². The highest BCUT2D eigenvalue weighted by atomic mass is 35.5. The number of carbonyl (C=O) groups is 5. The van der Waals surface area contributed by atoms with Crippen LogP contribution in [0.5, 0.6) is 5.75 Å². The predicted octanol–water partition coefficient (Wildman–Crippen LogP) is 5.23. The molecule has 0 radical (unpaired) electrons. The number of rotatable bonds is 12. The highest BCUT2D eigenvalue weighted by molar-refractivity contribution is 6.31. The normalized spacial score (nSPS) is 19.1. The van der Waals surface area contributed by atoms with Gasteiger partial charge in [0.05, 0.1) is 34.0 Å². The van der Waals surface area contributed by atoms with Crippen LogP contribution in [-0.2, 0) is 9.59 Å². The third-order valence-electron chi connectivity index (χ3n) is 11.6. The average Bonchev–Trinajstić information content (AvgIpc) is 3.50. The van der Waals surface area contributed by atoms with E-state index in [2.05, 4.69) is 44.2 Å². The topological polar surface area (TPSA) is 155 Å². The number of piperazine rings is 1. The Morgan fingerprint density at radius 3 is 2.42 bits per heavy atom. The molecule has 3 saturated heterocycles. The summed E-state index contributed by atoms with van der Waals surface area (Å²) in [5, 5.41) is 14.4. The molecule has 306 valence electrons. The molecule has 13 nitrogen and oxygen atoms in total. The van der Waals surface area contributed by atoms with Gasteiger partial charge < -0.3 is 14.5 Å². The number of imide groups is 2. The van der Waals surface area contributed by atoms with Crippen LogP contribution in [0.15, 0.2) is 60.7 Å². The van der Waals surface area contributed by atoms with Crippen molar-refractivity contribution >= 4 is 52.5 Å². The highest BCUT2D eigenvalue weighted by Crippen LogP contribution is 2.36. The number of fused-ring (bicyclic) bond motifs is 1. The van der Waals surface area contributed by atoms with E-state index in [9.17, 15) is 24.0 Å². The van der Waals surface area contributed by atoms with Crippen LogP contribution in [0.4, 0.5) is 11.4 Å². The van der Waals surface area contributed by atoms with Crippen molar-refractivity contribution in [3.8, 4) is 23.8 Å². The van der Waals surface area contributed by atoms with Gasteiger partial charge in [0.1, 0.15) is 17.9 Å². The molecular formula is C45H48ClN7O6. The van der Waals surface area contributed by atoms with E-state index < -0.39 is 29.7 Å². The molecule has 0 bridgehead atoms. The Kier molecular flexibility index (Phi) is 13.1. The number of nitrogens with zero attached hydrogens (tertiary/aromatic N) is 5. The summed E-state index contributed by atoms with van der Waals surface area (Å²) in [6, 6.07) is 21.9. The number of ether oxygens (including phenoxy) is 1. The van der Waals surface area contributed by atoms with Crippen molar-refractivity contribution < 1.29 is 28.7 Å². The first-order valence-electron chi connectivity index (χ1n) is 20.4. The first-order chi connectivity index (χ1) is 28.6. The fourth-order valence-corrected chi connectivity index (χ4v) is 8.48. The molecule has 4 aliphatic heterocycles. The zero-order chi connectivity index (χ0) is 41.5. The minimum atomic E-state index is -0.981. The van der Waals surface area contributed by atoms with E-state index in [1.807, 2.05) is 36.4 Å². The molecule has 7 rings (SSSR count). The van der Waals surface area contributed by atoms with Crippen LogP contribution in [0.1, 0.15) is 88.5 Å². The predicted molar refractivity (Wildman–Crippen MR) is 223 cm³/mol. The first-order valence-corrected chi connectivity index (χ1v) is 20.7. The lowest BCUT2D eigenvalue weighted by Crippen LogP contribution is -2.54. The number of hydrogen-bond acceptors (Lipinski definition) is 10. The Labute approximate surface area is 349 Å². The maximum absolute atomic E-state index is 13.6. The third kappa shape index (κ3) is 9.71. The maximum Gasteiger partial charge on any atom is 0.264 e. The van der Waals surface area contributed by atoms with E-state index >= 15 is 0 Å². The van der Waals surface area contributed by atoms with Crippen molar-refractivity contribution in [2.24, 2.45) is 11.8 Å². The molecule has 2 unspecified atom stereocenters. The third-order valence-corrected chi connectivity index (χ3v) is 12.0. The summed E-state index contributed by atoms with van der Waals surface area (Å²) < 4.78 is 5.81. The molecule has 14 heteroatoms. The zero-order valence-electron chi connectivity index (χ0n) is 33.2. The van der Waals surface area contributed by atoms with Gasteiger partial charge in [-0.25, -0.2) is 0 Å². The number of carbonyl (C=O) groups excluding carboxylic acids is 5. The van der Waals surface area contributed by atoms with E-state index in [0.717, 1.165) is 87.8 Å². The zero-order valence-corrected chi connectivity index (χ0v) is 33.9. The van der Waals surface area contributed by atoms with Crippen molar-refractivity contribution in [1.29, 1.82) is 5.26 Å². The Bertz CT molecular complexity index is 2200. The van der Waals surface area contributed by atoms with Crippen molar-refractivity contribution in [1.82, 2.24) is 20.4 Å². The molecule has 3 fully saturated rings. The first kappa shape index (κ1) is 41.3. The smallest absolute Gasteiger partial charge is 0.264 e. The van der Waals surface area contributed by atoms with Gasteiger partial charge in [-0.15, -0.1) is 0 Å². The standard InChI is InChI=1S/C45H48ClN7O6/c1-30(29-59-35-14-11-33(27-47)37(46)26-35)6-3-2-4-19-48-42(55)32-9-12-34(13-10-32)51-24-22-50(23-25-51)28-31-17-20-52(21-18-31)38-8-5-7-36-41(38)45(58)53(44(36)57)39-15-16-40(54)49-43(39)56/h5,7-14,26,30-31,39H,2-3,6,15-18,20-25,28-29H2,1H3,(H,48,55)(H,49,54,56). The number of nitriles is 1. The number of anilines is 2. The molecular weight excluding hydrogens is 770 g/mol. The second kappa shape index (κ2) is 18.8. The molecule has 0 spiro atoms. The van der Waals surface area contributed by atoms with Crippen LogP contribution < -0.4 is 25.2 Å². The number of halogens is 1. The summed E-state index contributed by atoms with van der Waals surface area (Å²) >= 11 is 6.08. The SMILES string of the molecule is CC(CCCC#CNC(=O)c1ccc(N2CCN(CC3CCN(c4cccc5c4C(=O)N(C4CCC(=O)NC4=O)C5=O)CC3)CC2)cc1)COc1ccc(C#N)c(Cl)c1. The Hall–Kier alpha value is -5.89. The highest BCUT2D eigenvalue weighted by Gasteiger charge is 2.46. The molecule has 4 heterocycles. The molecule has 0 saturated carbocycles. The number of nitrogens with one attached hydrogen (secondary N) is 2. The lowest BCUT2D eigenvalue weighted by atomic mass is 9.94. The van der Waals surface area contributed by atoms with Gasteiger partial charge in [0.15, 0.2) is 0 Å². The van der Waals surface area contributed by atoms with Crippen molar-refractivity contribution in [2.45, 2.75) is 57.9 Å². The lowest BCUT2D eigenvalue weighted by Gasteiger charge is -2.40. The minimum absolute atomic E-state index is 0.0889. The molecule has 0 aliphatic carbocycles. The van der Waals surface area contributed by atoms with Crippen LogP contribution in [0, 0.1) is 35.1 Å². The lowest BCUT2D eigenvalue weighted by molar-refractivity contribution is -0.136. The van der Waals surface area contributed by atoms with Crippen LogP contribution in [0.2, 0.25) is 5.02 Å². The summed E-state index contributed by atoms with van der Waals surface area (Å²) in [5.74, 6) is 2.32. The van der Waals surface area contributed by atoms with E-state index in [-0.39, 0.29) is 18.7 Å². The van der Waals surface area contributed by atoms with Gasteiger partial charge in [0.25, 0.3) is 17.7 Å². The van der Waals surface area contributed by atoms with Gasteiger partial charge in [-0.2, -0.15) is 5.26 Å². The number of hydrogen-bond donors (Lipinski definition) is 2. The Morgan fingerprint density at radius 1 is 0.949 bits per heavy atom. The quantitative estimate of drug-likeness (QED) is 0.108. The van der Waals surface area contributed by atoms with E-state index in [4.69, 9.17) is 21.6 Å². The fraction of sp³-hybridized carbons (Fsp3) is 0.422. The van der Waals surface area contributed by atoms with Gasteiger partial charge in [-0.1, -0.05) is 30.5 Å². The maximum atomic E-state index is 13.6. The van der Waals surface area contributed by atoms with Crippen LogP contribution in [-0.4, -0.2) is 97.8 Å². The molecule has 59 heavy (non-hydrogen) atoms. The second-order valence-electron chi connectivity index (χ2n) is 15.7. The van der Waals surface area contributed by atoms with Crippen molar-refractivity contribution in [3.63, 3.8) is 0 Å². The Morgan fingerprint density at radius 2 is 1.71 bits per heavy atom. The van der Waals surface area contributed by atoms with Gasteiger partial charge in [0, 0.05) is 82.0 Å². The van der Waals surface area contributed by atoms with E-state index in [1.165, 1.54) is 0 Å². The molecule has 2 atom stereocenters. The van der Waals surface area contributed by atoms with Gasteiger partial charge in [-0.05, 0) is 92.5 Å². The summed E-state index contributed by atoms with van der Waals surface area (Å²) in [4.78, 5) is 71.9. The molecule has 5 amide bonds. The van der Waals surface area contributed by atoms with E-state index in [0.29, 0.717) is 57.9 Å². The van der Waals surface area contributed by atoms with Crippen LogP contribution in [0.25, 0.3) is 0 Å². The summed E-state index contributed by atoms with van der Waals surface area (Å²) in [5.41, 5.74) is 3.46. The van der Waals surface area contributed by atoms with Gasteiger partial charge in [0.2, 0.25) is 11.8 Å². The number of benzene rings is 3. The molecule has 0 aromatic heterocycles. The molecule has 4 aliphatic rings. The van der Waals surface area contributed by atoms with Crippen LogP contribution in [0.3, 0.4) is 0 Å². The van der Waals surface area contributed by atoms with Crippen molar-refractivity contribution in [2.75, 3.05) is 62.2 Å². The second-order valence-corrected chi connectivity index (χ2v) is 16.1. The Balaban J connectivity index is 0.800. The summed E-state index contributed by atoms with van der Waals surface area (Å²) in [6.07, 6.45) is 4.60. The molecule has 3 aromatic carbocycles. The monoisotopic (exact) mass is 817 g/mol. The van der Waals surface area contributed by atoms with Gasteiger partial charge >= 0.3 is 0 Å². The fourth-order valence-electron chi connectivity index (χ4n) is 8.27. The largest absolute Gasteiger partial charge is 0.493 e. The van der Waals surface area contributed by atoms with Gasteiger partial charge in [-0.3, -0.25) is 44.4 Å². The summed E-state index contributed by atoms with van der Waals surface area (Å²) in [7, 11) is 0. The molecule has 2 N–H and O–H groups in total. The van der Waals surface area contributed by atoms with Crippen LogP contribution >= 0.6 is 11.6 Å². The van der Waals surface area contributed by atoms with E-state index in [1.54, 1.807) is 30.3 Å². The number of unbranched alkanes of at least 4 members (excludes halogenated alkanes) is 1. The average molecular weight is 818 g/mol.